The number of allylic oxidation sites excluding steroid dienone is 2. The fourth-order valence-corrected chi connectivity index (χ4v) is 1.29. The van der Waals surface area contributed by atoms with Gasteiger partial charge in [0, 0.05) is 24.0 Å². The molecule has 0 N–H and O–H groups in total. The standard InChI is InChI=1S/C6H4N2.C3H3NS/c1-3-7-6-2-4-8-5(1)6;1-2-5-3-4-1/h1-4H;1-3H. The fraction of sp³-hybridized carbons (Fsp3) is 0. The highest BCUT2D eigenvalue weighted by Gasteiger charge is 2.07. The van der Waals surface area contributed by atoms with Crippen LogP contribution in [0.15, 0.2) is 50.6 Å². The largest absolute Gasteiger partial charge is 0.254 e. The molecule has 0 atom stereocenters. The summed E-state index contributed by atoms with van der Waals surface area (Å²) in [5.41, 5.74) is 3.77. The van der Waals surface area contributed by atoms with Crippen LogP contribution < -0.4 is 0 Å². The van der Waals surface area contributed by atoms with E-state index in [1.807, 2.05) is 17.5 Å². The summed E-state index contributed by atoms with van der Waals surface area (Å²) in [4.78, 5) is 11.8. The van der Waals surface area contributed by atoms with E-state index in [0.29, 0.717) is 0 Å². The smallest absolute Gasteiger partial charge is 0.0901 e. The van der Waals surface area contributed by atoms with Gasteiger partial charge in [-0.15, -0.1) is 11.3 Å². The monoisotopic (exact) mass is 189 g/mol. The number of aromatic nitrogens is 1. The predicted octanol–water partition coefficient (Wildman–Crippen LogP) is 2.07. The number of aliphatic imine (C=N–C) groups is 2. The second kappa shape index (κ2) is 3.91. The molecule has 64 valence electrons. The average molecular weight is 189 g/mol. The Bertz CT molecular complexity index is 342. The van der Waals surface area contributed by atoms with Crippen molar-refractivity contribution >= 4 is 23.8 Å². The van der Waals surface area contributed by atoms with E-state index in [4.69, 9.17) is 0 Å². The SMILES string of the molecule is C1=NC2=CC=NC2=C1.c1cscn1. The molecule has 3 rings (SSSR count). The third-order valence-corrected chi connectivity index (χ3v) is 2.02. The van der Waals surface area contributed by atoms with Crippen LogP contribution in [0.3, 0.4) is 0 Å². The molecule has 0 fully saturated rings. The van der Waals surface area contributed by atoms with Crippen LogP contribution in [0.5, 0.6) is 0 Å². The van der Waals surface area contributed by atoms with Crippen molar-refractivity contribution in [3.8, 4) is 0 Å². The summed E-state index contributed by atoms with van der Waals surface area (Å²) in [6, 6.07) is 0. The Morgan fingerprint density at radius 3 is 2.08 bits per heavy atom. The minimum Gasteiger partial charge on any atom is -0.254 e. The molecular weight excluding hydrogens is 182 g/mol. The molecule has 3 nitrogen and oxygen atoms in total. The van der Waals surface area contributed by atoms with E-state index >= 15 is 0 Å². The van der Waals surface area contributed by atoms with Gasteiger partial charge in [0.1, 0.15) is 0 Å². The Labute approximate surface area is 79.9 Å². The van der Waals surface area contributed by atoms with Gasteiger partial charge in [-0.25, -0.2) is 0 Å². The first-order chi connectivity index (χ1) is 6.47. The highest BCUT2D eigenvalue weighted by Crippen LogP contribution is 2.19. The maximum Gasteiger partial charge on any atom is 0.0901 e. The molecule has 1 aromatic heterocycles. The molecular formula is C9H7N3S. The van der Waals surface area contributed by atoms with E-state index in [-0.39, 0.29) is 0 Å². The van der Waals surface area contributed by atoms with Crippen molar-refractivity contribution in [2.24, 2.45) is 9.98 Å². The minimum absolute atomic E-state index is 0.991. The van der Waals surface area contributed by atoms with Crippen LogP contribution in [0, 0.1) is 0 Å². The first kappa shape index (κ1) is 8.07. The molecule has 3 heterocycles. The minimum atomic E-state index is 0.991. The number of rotatable bonds is 0. The number of hydrogen-bond acceptors (Lipinski definition) is 4. The quantitative estimate of drug-likeness (QED) is 0.615. The second-order valence-corrected chi connectivity index (χ2v) is 3.09. The van der Waals surface area contributed by atoms with Gasteiger partial charge in [-0.2, -0.15) is 0 Å². The summed E-state index contributed by atoms with van der Waals surface area (Å²) < 4.78 is 0. The van der Waals surface area contributed by atoms with Gasteiger partial charge in [-0.1, -0.05) is 0 Å². The van der Waals surface area contributed by atoms with Gasteiger partial charge in [0.15, 0.2) is 0 Å². The second-order valence-electron chi connectivity index (χ2n) is 2.34. The first-order valence-electron chi connectivity index (χ1n) is 3.78. The normalized spacial score (nSPS) is 16.0. The van der Waals surface area contributed by atoms with E-state index < -0.39 is 0 Å². The number of thiazole rings is 1. The van der Waals surface area contributed by atoms with E-state index in [0.717, 1.165) is 11.4 Å². The van der Waals surface area contributed by atoms with Crippen LogP contribution in [-0.2, 0) is 0 Å². The van der Waals surface area contributed by atoms with Crippen LogP contribution in [0.4, 0.5) is 0 Å². The van der Waals surface area contributed by atoms with Crippen molar-refractivity contribution in [2.75, 3.05) is 0 Å². The lowest BCUT2D eigenvalue weighted by atomic mass is 10.4. The lowest BCUT2D eigenvalue weighted by Crippen LogP contribution is -1.66. The lowest BCUT2D eigenvalue weighted by molar-refractivity contribution is 1.33. The maximum atomic E-state index is 4.02. The molecule has 0 unspecified atom stereocenters. The van der Waals surface area contributed by atoms with Gasteiger partial charge in [-0.3, -0.25) is 15.0 Å². The van der Waals surface area contributed by atoms with Crippen molar-refractivity contribution in [3.05, 3.63) is 40.6 Å². The molecule has 2 aliphatic heterocycles. The Hall–Kier alpha value is -1.55. The van der Waals surface area contributed by atoms with Gasteiger partial charge >= 0.3 is 0 Å². The molecule has 13 heavy (non-hydrogen) atoms. The average Bonchev–Trinajstić information content (AvgIpc) is 2.84. The maximum absolute atomic E-state index is 4.02. The predicted molar refractivity (Wildman–Crippen MR) is 55.3 cm³/mol. The van der Waals surface area contributed by atoms with E-state index in [1.54, 1.807) is 35.5 Å². The zero-order valence-corrected chi connectivity index (χ0v) is 7.61. The lowest BCUT2D eigenvalue weighted by Gasteiger charge is -1.83. The van der Waals surface area contributed by atoms with Crippen molar-refractivity contribution in [1.29, 1.82) is 0 Å². The molecule has 4 heteroatoms. The number of hydrogen-bond donors (Lipinski definition) is 0. The van der Waals surface area contributed by atoms with Gasteiger partial charge in [-0.05, 0) is 12.2 Å². The molecule has 0 saturated carbocycles. The topological polar surface area (TPSA) is 37.6 Å². The zero-order valence-electron chi connectivity index (χ0n) is 6.79. The third kappa shape index (κ3) is 1.97. The molecule has 0 amide bonds. The summed E-state index contributed by atoms with van der Waals surface area (Å²) in [5.74, 6) is 0. The van der Waals surface area contributed by atoms with Gasteiger partial charge in [0.05, 0.1) is 16.9 Å². The summed E-state index contributed by atoms with van der Waals surface area (Å²) in [7, 11) is 0. The van der Waals surface area contributed by atoms with Gasteiger partial charge in [0.2, 0.25) is 0 Å². The molecule has 2 aliphatic rings. The van der Waals surface area contributed by atoms with Gasteiger partial charge < -0.3 is 0 Å². The van der Waals surface area contributed by atoms with Crippen LogP contribution >= 0.6 is 11.3 Å². The molecule has 0 aliphatic carbocycles. The van der Waals surface area contributed by atoms with E-state index in [9.17, 15) is 0 Å². The Morgan fingerprint density at radius 2 is 1.69 bits per heavy atom. The molecule has 0 bridgehead atoms. The Morgan fingerprint density at radius 1 is 1.00 bits per heavy atom. The Kier molecular flexibility index (Phi) is 2.43. The third-order valence-electron chi connectivity index (χ3n) is 1.50. The summed E-state index contributed by atoms with van der Waals surface area (Å²) in [6.07, 6.45) is 9.09. The van der Waals surface area contributed by atoms with E-state index in [1.165, 1.54) is 0 Å². The summed E-state index contributed by atoms with van der Waals surface area (Å²) in [6.45, 7) is 0. The van der Waals surface area contributed by atoms with Gasteiger partial charge in [0.25, 0.3) is 0 Å². The van der Waals surface area contributed by atoms with Crippen molar-refractivity contribution in [3.63, 3.8) is 0 Å². The number of nitrogens with zero attached hydrogens (tertiary/aromatic N) is 3. The van der Waals surface area contributed by atoms with Crippen molar-refractivity contribution < 1.29 is 0 Å². The molecule has 1 aromatic rings. The van der Waals surface area contributed by atoms with Crippen LogP contribution in [0.1, 0.15) is 0 Å². The van der Waals surface area contributed by atoms with Crippen molar-refractivity contribution in [1.82, 2.24) is 4.98 Å². The summed E-state index contributed by atoms with van der Waals surface area (Å²) >= 11 is 1.60. The van der Waals surface area contributed by atoms with Crippen LogP contribution in [0.2, 0.25) is 0 Å². The fourth-order valence-electron chi connectivity index (χ4n) is 0.941. The van der Waals surface area contributed by atoms with E-state index in [2.05, 4.69) is 15.0 Å². The highest BCUT2D eigenvalue weighted by atomic mass is 32.1. The zero-order chi connectivity index (χ0) is 8.93. The first-order valence-corrected chi connectivity index (χ1v) is 4.72. The van der Waals surface area contributed by atoms with Crippen molar-refractivity contribution in [2.45, 2.75) is 0 Å². The molecule has 0 aromatic carbocycles. The highest BCUT2D eigenvalue weighted by molar-refractivity contribution is 7.07. The molecule has 0 saturated heterocycles. The molecule has 0 spiro atoms. The Balaban J connectivity index is 0.000000113. The molecule has 0 radical (unpaired) electrons. The van der Waals surface area contributed by atoms with Crippen LogP contribution in [0.25, 0.3) is 0 Å². The number of fused-ring (bicyclic) bond motifs is 1. The van der Waals surface area contributed by atoms with Crippen LogP contribution in [-0.4, -0.2) is 17.4 Å². The summed E-state index contributed by atoms with van der Waals surface area (Å²) in [5, 5.41) is 1.93.